The highest BCUT2D eigenvalue weighted by atomic mass is 15.1. The second-order valence-electron chi connectivity index (χ2n) is 4.87. The Balaban J connectivity index is 2.11. The minimum Gasteiger partial charge on any atom is -0.327 e. The fourth-order valence-corrected chi connectivity index (χ4v) is 2.69. The Labute approximate surface area is 116 Å². The van der Waals surface area contributed by atoms with E-state index in [2.05, 4.69) is 34.8 Å². The van der Waals surface area contributed by atoms with Gasteiger partial charge in [-0.05, 0) is 6.07 Å². The highest BCUT2D eigenvalue weighted by Gasteiger charge is 2.12. The monoisotopic (exact) mass is 259 g/mol. The van der Waals surface area contributed by atoms with Gasteiger partial charge in [-0.25, -0.2) is 4.98 Å². The average molecular weight is 259 g/mol. The molecule has 0 radical (unpaired) electrons. The molecule has 0 atom stereocenters. The maximum atomic E-state index is 4.73. The molecule has 96 valence electrons. The Bertz CT molecular complexity index is 907. The molecule has 0 aliphatic heterocycles. The summed E-state index contributed by atoms with van der Waals surface area (Å²) in [4.78, 5) is 9.21. The molecule has 4 rings (SSSR count). The van der Waals surface area contributed by atoms with E-state index >= 15 is 0 Å². The van der Waals surface area contributed by atoms with Crippen LogP contribution in [0.4, 0.5) is 0 Å². The van der Waals surface area contributed by atoms with E-state index in [1.807, 2.05) is 42.6 Å². The number of aryl methyl sites for hydroxylation is 1. The van der Waals surface area contributed by atoms with E-state index < -0.39 is 0 Å². The molecule has 0 saturated carbocycles. The Morgan fingerprint density at radius 1 is 0.850 bits per heavy atom. The van der Waals surface area contributed by atoms with Gasteiger partial charge in [0, 0.05) is 18.0 Å². The molecule has 2 aromatic carbocycles. The number of hydrogen-bond donors (Lipinski definition) is 0. The first-order valence-electron chi connectivity index (χ1n) is 6.60. The second-order valence-corrected chi connectivity index (χ2v) is 4.87. The molecule has 20 heavy (non-hydrogen) atoms. The number of benzene rings is 2. The van der Waals surface area contributed by atoms with E-state index in [1.165, 1.54) is 0 Å². The summed E-state index contributed by atoms with van der Waals surface area (Å²) in [6.45, 7) is 0. The van der Waals surface area contributed by atoms with Crippen molar-refractivity contribution in [2.75, 3.05) is 0 Å². The van der Waals surface area contributed by atoms with Crippen molar-refractivity contribution < 1.29 is 0 Å². The molecule has 0 aliphatic rings. The first kappa shape index (κ1) is 11.2. The summed E-state index contributed by atoms with van der Waals surface area (Å²) in [6.07, 6.45) is 1.85. The van der Waals surface area contributed by atoms with Gasteiger partial charge < -0.3 is 4.57 Å². The summed E-state index contributed by atoms with van der Waals surface area (Å²) in [7, 11) is 2.06. The first-order valence-corrected chi connectivity index (χ1v) is 6.60. The maximum absolute atomic E-state index is 4.73. The Hall–Kier alpha value is -2.68. The standard InChI is InChI=1S/C17H13N3/c1-20-16-13-9-5-6-10-14(13)18-11-15(16)19-17(20)12-7-3-2-4-8-12/h2-11H,1H3. The number of rotatable bonds is 1. The van der Waals surface area contributed by atoms with E-state index in [9.17, 15) is 0 Å². The smallest absolute Gasteiger partial charge is 0.140 e. The Kier molecular flexibility index (Phi) is 2.33. The third kappa shape index (κ3) is 1.53. The minimum atomic E-state index is 0.935. The topological polar surface area (TPSA) is 30.7 Å². The second kappa shape index (κ2) is 4.17. The molecular formula is C17H13N3. The number of pyridine rings is 1. The molecule has 3 heteroatoms. The third-order valence-electron chi connectivity index (χ3n) is 3.64. The maximum Gasteiger partial charge on any atom is 0.140 e. The SMILES string of the molecule is Cn1c(-c2ccccc2)nc2cnc3ccccc3c21. The molecule has 0 bridgehead atoms. The predicted molar refractivity (Wildman–Crippen MR) is 81.5 cm³/mol. The third-order valence-corrected chi connectivity index (χ3v) is 3.64. The predicted octanol–water partition coefficient (Wildman–Crippen LogP) is 3.79. The molecule has 3 nitrogen and oxygen atoms in total. The van der Waals surface area contributed by atoms with Crippen LogP contribution in [0.1, 0.15) is 0 Å². The molecule has 0 unspecified atom stereocenters. The van der Waals surface area contributed by atoms with Crippen LogP contribution in [0.5, 0.6) is 0 Å². The average Bonchev–Trinajstić information content (AvgIpc) is 2.86. The van der Waals surface area contributed by atoms with Gasteiger partial charge in [0.2, 0.25) is 0 Å². The van der Waals surface area contributed by atoms with Crippen LogP contribution in [0.3, 0.4) is 0 Å². The van der Waals surface area contributed by atoms with E-state index in [-0.39, 0.29) is 0 Å². The van der Waals surface area contributed by atoms with E-state index in [1.54, 1.807) is 0 Å². The van der Waals surface area contributed by atoms with Crippen LogP contribution < -0.4 is 0 Å². The molecule has 0 fully saturated rings. The quantitative estimate of drug-likeness (QED) is 0.520. The molecule has 2 heterocycles. The zero-order valence-corrected chi connectivity index (χ0v) is 11.1. The molecule has 0 aliphatic carbocycles. The van der Waals surface area contributed by atoms with E-state index in [4.69, 9.17) is 4.98 Å². The van der Waals surface area contributed by atoms with Crippen molar-refractivity contribution in [2.45, 2.75) is 0 Å². The van der Waals surface area contributed by atoms with Gasteiger partial charge in [0.05, 0.1) is 17.2 Å². The number of aromatic nitrogens is 3. The number of hydrogen-bond acceptors (Lipinski definition) is 2. The highest BCUT2D eigenvalue weighted by Crippen LogP contribution is 2.27. The van der Waals surface area contributed by atoms with Crippen LogP contribution in [0, 0.1) is 0 Å². The molecular weight excluding hydrogens is 246 g/mol. The number of nitrogens with zero attached hydrogens (tertiary/aromatic N) is 3. The fraction of sp³-hybridized carbons (Fsp3) is 0.0588. The summed E-state index contributed by atoms with van der Waals surface area (Å²) >= 11 is 0. The van der Waals surface area contributed by atoms with Gasteiger partial charge in [0.1, 0.15) is 11.3 Å². The largest absolute Gasteiger partial charge is 0.327 e. The number of imidazole rings is 1. The summed E-state index contributed by atoms with van der Waals surface area (Å²) in [6, 6.07) is 18.4. The molecule has 0 spiro atoms. The Morgan fingerprint density at radius 2 is 1.60 bits per heavy atom. The zero-order valence-electron chi connectivity index (χ0n) is 11.1. The number of fused-ring (bicyclic) bond motifs is 3. The van der Waals surface area contributed by atoms with Crippen LogP contribution in [-0.2, 0) is 7.05 Å². The van der Waals surface area contributed by atoms with Crippen molar-refractivity contribution in [1.29, 1.82) is 0 Å². The van der Waals surface area contributed by atoms with Crippen LogP contribution in [-0.4, -0.2) is 14.5 Å². The highest BCUT2D eigenvalue weighted by molar-refractivity contribution is 6.03. The Morgan fingerprint density at radius 3 is 2.45 bits per heavy atom. The normalized spacial score (nSPS) is 11.2. The lowest BCUT2D eigenvalue weighted by molar-refractivity contribution is 0.962. The summed E-state index contributed by atoms with van der Waals surface area (Å²) < 4.78 is 2.15. The summed E-state index contributed by atoms with van der Waals surface area (Å²) in [5.74, 6) is 0.971. The molecule has 2 aromatic heterocycles. The van der Waals surface area contributed by atoms with Gasteiger partial charge in [-0.1, -0.05) is 48.5 Å². The van der Waals surface area contributed by atoms with Gasteiger partial charge in [-0.3, -0.25) is 4.98 Å². The lowest BCUT2D eigenvalue weighted by Crippen LogP contribution is -1.93. The van der Waals surface area contributed by atoms with Crippen molar-refractivity contribution >= 4 is 21.9 Å². The first-order chi connectivity index (χ1) is 9.84. The van der Waals surface area contributed by atoms with Gasteiger partial charge in [-0.15, -0.1) is 0 Å². The van der Waals surface area contributed by atoms with Crippen molar-refractivity contribution in [2.24, 2.45) is 7.05 Å². The van der Waals surface area contributed by atoms with E-state index in [0.717, 1.165) is 33.3 Å². The lowest BCUT2D eigenvalue weighted by atomic mass is 10.2. The van der Waals surface area contributed by atoms with Crippen LogP contribution in [0.25, 0.3) is 33.3 Å². The number of para-hydroxylation sites is 1. The lowest BCUT2D eigenvalue weighted by Gasteiger charge is -2.03. The van der Waals surface area contributed by atoms with Crippen molar-refractivity contribution in [3.8, 4) is 11.4 Å². The van der Waals surface area contributed by atoms with Crippen LogP contribution >= 0.6 is 0 Å². The molecule has 4 aromatic rings. The van der Waals surface area contributed by atoms with Gasteiger partial charge >= 0.3 is 0 Å². The van der Waals surface area contributed by atoms with Crippen LogP contribution in [0.15, 0.2) is 60.8 Å². The fourth-order valence-electron chi connectivity index (χ4n) is 2.69. The molecule has 0 N–H and O–H groups in total. The summed E-state index contributed by atoms with van der Waals surface area (Å²) in [5.41, 5.74) is 4.19. The van der Waals surface area contributed by atoms with Crippen molar-refractivity contribution in [3.63, 3.8) is 0 Å². The van der Waals surface area contributed by atoms with E-state index in [0.29, 0.717) is 0 Å². The zero-order chi connectivity index (χ0) is 13.5. The minimum absolute atomic E-state index is 0.935. The van der Waals surface area contributed by atoms with Crippen LogP contribution in [0.2, 0.25) is 0 Å². The molecule has 0 amide bonds. The molecule has 0 saturated heterocycles. The van der Waals surface area contributed by atoms with Gasteiger partial charge in [0.25, 0.3) is 0 Å². The van der Waals surface area contributed by atoms with Crippen molar-refractivity contribution in [3.05, 3.63) is 60.8 Å². The van der Waals surface area contributed by atoms with Gasteiger partial charge in [-0.2, -0.15) is 0 Å². The summed E-state index contributed by atoms with van der Waals surface area (Å²) in [5, 5.41) is 1.14. The van der Waals surface area contributed by atoms with Crippen molar-refractivity contribution in [1.82, 2.24) is 14.5 Å². The van der Waals surface area contributed by atoms with Gasteiger partial charge in [0.15, 0.2) is 0 Å².